The molecule has 3 nitrogen and oxygen atoms in total. The normalized spacial score (nSPS) is 23.6. The van der Waals surface area contributed by atoms with Gasteiger partial charge in [0.2, 0.25) is 5.91 Å². The van der Waals surface area contributed by atoms with Gasteiger partial charge in [0.15, 0.2) is 0 Å². The molecule has 1 aliphatic rings. The first-order valence-corrected chi connectivity index (χ1v) is 6.97. The van der Waals surface area contributed by atoms with Crippen LogP contribution in [-0.4, -0.2) is 23.7 Å². The zero-order chi connectivity index (χ0) is 12.1. The van der Waals surface area contributed by atoms with Crippen molar-refractivity contribution in [3.63, 3.8) is 0 Å². The fraction of sp³-hybridized carbons (Fsp3) is 0.462. The molecule has 1 aliphatic carbocycles. The third kappa shape index (κ3) is 3.75. The van der Waals surface area contributed by atoms with Crippen LogP contribution >= 0.6 is 11.8 Å². The topological polar surface area (TPSA) is 55.1 Å². The molecule has 0 heterocycles. The van der Waals surface area contributed by atoms with Crippen LogP contribution in [0.1, 0.15) is 19.3 Å². The van der Waals surface area contributed by atoms with Gasteiger partial charge in [0, 0.05) is 17.0 Å². The SMILES string of the molecule is NC1CCCC1NC(=O)CSc1ccccc1. The number of hydrogen-bond donors (Lipinski definition) is 2. The maximum Gasteiger partial charge on any atom is 0.230 e. The lowest BCUT2D eigenvalue weighted by Crippen LogP contribution is -2.44. The third-order valence-corrected chi connectivity index (χ3v) is 4.04. The van der Waals surface area contributed by atoms with E-state index in [4.69, 9.17) is 5.73 Å². The van der Waals surface area contributed by atoms with Gasteiger partial charge in [-0.25, -0.2) is 0 Å². The number of thioether (sulfide) groups is 1. The molecule has 2 atom stereocenters. The average molecular weight is 250 g/mol. The van der Waals surface area contributed by atoms with Crippen molar-refractivity contribution in [3.8, 4) is 0 Å². The molecule has 1 aromatic carbocycles. The van der Waals surface area contributed by atoms with E-state index >= 15 is 0 Å². The average Bonchev–Trinajstić information content (AvgIpc) is 2.74. The van der Waals surface area contributed by atoms with Crippen LogP contribution in [0, 0.1) is 0 Å². The molecule has 17 heavy (non-hydrogen) atoms. The fourth-order valence-electron chi connectivity index (χ4n) is 2.08. The van der Waals surface area contributed by atoms with Crippen LogP contribution in [0.15, 0.2) is 35.2 Å². The molecule has 0 bridgehead atoms. The van der Waals surface area contributed by atoms with Crippen molar-refractivity contribution in [1.29, 1.82) is 0 Å². The molecule has 0 aromatic heterocycles. The number of nitrogens with two attached hydrogens (primary N) is 1. The van der Waals surface area contributed by atoms with Gasteiger partial charge >= 0.3 is 0 Å². The summed E-state index contributed by atoms with van der Waals surface area (Å²) in [5, 5.41) is 3.01. The van der Waals surface area contributed by atoms with Crippen molar-refractivity contribution in [2.24, 2.45) is 5.73 Å². The molecule has 0 saturated heterocycles. The molecule has 4 heteroatoms. The van der Waals surface area contributed by atoms with Crippen LogP contribution < -0.4 is 11.1 Å². The zero-order valence-corrected chi connectivity index (χ0v) is 10.6. The van der Waals surface area contributed by atoms with Gasteiger partial charge in [0.25, 0.3) is 0 Å². The van der Waals surface area contributed by atoms with E-state index in [2.05, 4.69) is 5.32 Å². The Kier molecular flexibility index (Phi) is 4.45. The Morgan fingerprint density at radius 2 is 2.12 bits per heavy atom. The van der Waals surface area contributed by atoms with Crippen LogP contribution in [0.25, 0.3) is 0 Å². The first kappa shape index (κ1) is 12.5. The number of carbonyl (C=O) groups is 1. The molecular weight excluding hydrogens is 232 g/mol. The highest BCUT2D eigenvalue weighted by molar-refractivity contribution is 8.00. The van der Waals surface area contributed by atoms with Gasteiger partial charge in [-0.1, -0.05) is 18.2 Å². The molecule has 2 rings (SSSR count). The van der Waals surface area contributed by atoms with Gasteiger partial charge in [0.1, 0.15) is 0 Å². The monoisotopic (exact) mass is 250 g/mol. The summed E-state index contributed by atoms with van der Waals surface area (Å²) in [6.45, 7) is 0. The lowest BCUT2D eigenvalue weighted by atomic mass is 10.2. The van der Waals surface area contributed by atoms with E-state index in [9.17, 15) is 4.79 Å². The maximum atomic E-state index is 11.7. The highest BCUT2D eigenvalue weighted by Gasteiger charge is 2.24. The van der Waals surface area contributed by atoms with Gasteiger partial charge in [-0.05, 0) is 31.4 Å². The molecule has 1 fully saturated rings. The lowest BCUT2D eigenvalue weighted by molar-refractivity contribution is -0.119. The minimum Gasteiger partial charge on any atom is -0.351 e. The number of hydrogen-bond acceptors (Lipinski definition) is 3. The van der Waals surface area contributed by atoms with Gasteiger partial charge in [0.05, 0.1) is 5.75 Å². The number of benzene rings is 1. The van der Waals surface area contributed by atoms with Crippen molar-refractivity contribution in [1.82, 2.24) is 5.32 Å². The number of nitrogens with one attached hydrogen (secondary N) is 1. The Hall–Kier alpha value is -1.00. The van der Waals surface area contributed by atoms with Crippen molar-refractivity contribution < 1.29 is 4.79 Å². The Morgan fingerprint density at radius 1 is 1.35 bits per heavy atom. The lowest BCUT2D eigenvalue weighted by Gasteiger charge is -2.16. The van der Waals surface area contributed by atoms with E-state index in [0.29, 0.717) is 5.75 Å². The molecular formula is C13H18N2OS. The number of amides is 1. The summed E-state index contributed by atoms with van der Waals surface area (Å²) in [4.78, 5) is 12.9. The highest BCUT2D eigenvalue weighted by atomic mass is 32.2. The minimum absolute atomic E-state index is 0.0844. The first-order valence-electron chi connectivity index (χ1n) is 5.98. The first-order chi connectivity index (χ1) is 8.25. The number of carbonyl (C=O) groups excluding carboxylic acids is 1. The van der Waals surface area contributed by atoms with Crippen LogP contribution in [0.2, 0.25) is 0 Å². The van der Waals surface area contributed by atoms with Crippen molar-refractivity contribution in [2.75, 3.05) is 5.75 Å². The highest BCUT2D eigenvalue weighted by Crippen LogP contribution is 2.19. The smallest absolute Gasteiger partial charge is 0.230 e. The van der Waals surface area contributed by atoms with E-state index in [-0.39, 0.29) is 18.0 Å². The standard InChI is InChI=1S/C13H18N2OS/c14-11-7-4-8-12(11)15-13(16)9-17-10-5-2-1-3-6-10/h1-3,5-6,11-12H,4,7-9,14H2,(H,15,16). The second-order valence-electron chi connectivity index (χ2n) is 4.37. The molecule has 0 radical (unpaired) electrons. The Balaban J connectivity index is 1.74. The van der Waals surface area contributed by atoms with Gasteiger partial charge in [-0.3, -0.25) is 4.79 Å². The Bertz CT molecular complexity index is 369. The van der Waals surface area contributed by atoms with Crippen LogP contribution in [-0.2, 0) is 4.79 Å². The summed E-state index contributed by atoms with van der Waals surface area (Å²) < 4.78 is 0. The van der Waals surface area contributed by atoms with Crippen molar-refractivity contribution in [2.45, 2.75) is 36.2 Å². The fourth-order valence-corrected chi connectivity index (χ4v) is 2.81. The summed E-state index contributed by atoms with van der Waals surface area (Å²) in [5.74, 6) is 0.550. The summed E-state index contributed by atoms with van der Waals surface area (Å²) in [7, 11) is 0. The van der Waals surface area contributed by atoms with Crippen LogP contribution in [0.4, 0.5) is 0 Å². The van der Waals surface area contributed by atoms with Crippen LogP contribution in [0.3, 0.4) is 0 Å². The van der Waals surface area contributed by atoms with Crippen molar-refractivity contribution >= 4 is 17.7 Å². The van der Waals surface area contributed by atoms with E-state index < -0.39 is 0 Å². The number of rotatable bonds is 4. The zero-order valence-electron chi connectivity index (χ0n) is 9.76. The van der Waals surface area contributed by atoms with Gasteiger partial charge in [-0.2, -0.15) is 0 Å². The van der Waals surface area contributed by atoms with Crippen molar-refractivity contribution in [3.05, 3.63) is 30.3 Å². The quantitative estimate of drug-likeness (QED) is 0.801. The molecule has 2 unspecified atom stereocenters. The molecule has 0 spiro atoms. The molecule has 1 amide bonds. The second-order valence-corrected chi connectivity index (χ2v) is 5.42. The Labute approximate surface area is 106 Å². The molecule has 0 aliphatic heterocycles. The van der Waals surface area contributed by atoms with E-state index in [0.717, 1.165) is 24.2 Å². The maximum absolute atomic E-state index is 11.7. The largest absolute Gasteiger partial charge is 0.351 e. The predicted octanol–water partition coefficient (Wildman–Crippen LogP) is 1.77. The van der Waals surface area contributed by atoms with Gasteiger partial charge < -0.3 is 11.1 Å². The summed E-state index contributed by atoms with van der Waals surface area (Å²) in [5.41, 5.74) is 5.91. The van der Waals surface area contributed by atoms with Crippen LogP contribution in [0.5, 0.6) is 0 Å². The Morgan fingerprint density at radius 3 is 2.76 bits per heavy atom. The molecule has 1 saturated carbocycles. The molecule has 1 aromatic rings. The summed E-state index contributed by atoms with van der Waals surface area (Å²) in [6, 6.07) is 10.3. The summed E-state index contributed by atoms with van der Waals surface area (Å²) in [6.07, 6.45) is 3.16. The molecule has 3 N–H and O–H groups in total. The second kappa shape index (κ2) is 6.07. The third-order valence-electron chi connectivity index (χ3n) is 3.03. The predicted molar refractivity (Wildman–Crippen MR) is 70.9 cm³/mol. The van der Waals surface area contributed by atoms with E-state index in [1.165, 1.54) is 0 Å². The minimum atomic E-state index is 0.0844. The van der Waals surface area contributed by atoms with E-state index in [1.807, 2.05) is 30.3 Å². The van der Waals surface area contributed by atoms with Gasteiger partial charge in [-0.15, -0.1) is 11.8 Å². The molecule has 92 valence electrons. The van der Waals surface area contributed by atoms with E-state index in [1.54, 1.807) is 11.8 Å². The summed E-state index contributed by atoms with van der Waals surface area (Å²) >= 11 is 1.56.